The number of aryl methyl sites for hydroxylation is 4. The third-order valence-corrected chi connectivity index (χ3v) is 14.2. The second-order valence-corrected chi connectivity index (χ2v) is 23.5. The van der Waals surface area contributed by atoms with Crippen molar-refractivity contribution in [1.29, 1.82) is 0 Å². The number of hydrogen-bond acceptors (Lipinski definition) is 0. The van der Waals surface area contributed by atoms with Crippen LogP contribution in [-0.2, 0) is 20.8 Å². The van der Waals surface area contributed by atoms with E-state index >= 15 is 0 Å². The maximum Gasteiger partial charge on any atom is 0.0920 e. The van der Waals surface area contributed by atoms with Crippen molar-refractivity contribution in [3.8, 4) is 33.4 Å². The zero-order valence-electron chi connectivity index (χ0n) is 40.1. The maximum atomic E-state index is 4.93. The van der Waals surface area contributed by atoms with E-state index < -0.39 is 20.8 Å². The molecule has 2 radical (unpaired) electrons. The predicted molar refractivity (Wildman–Crippen MR) is 282 cm³/mol. The van der Waals surface area contributed by atoms with E-state index in [0.29, 0.717) is 23.7 Å². The molecule has 0 spiro atoms. The van der Waals surface area contributed by atoms with Gasteiger partial charge in [0.25, 0.3) is 0 Å². The van der Waals surface area contributed by atoms with Crippen molar-refractivity contribution in [2.75, 3.05) is 0 Å². The maximum absolute atomic E-state index is 4.93. The van der Waals surface area contributed by atoms with Gasteiger partial charge in [-0.2, -0.15) is 41.6 Å². The van der Waals surface area contributed by atoms with Gasteiger partial charge in [0.1, 0.15) is 0 Å². The second kappa shape index (κ2) is 22.6. The molecule has 0 aliphatic carbocycles. The van der Waals surface area contributed by atoms with Gasteiger partial charge in [0.05, 0.1) is 9.52 Å². The second-order valence-electron chi connectivity index (χ2n) is 18.5. The fourth-order valence-electron chi connectivity index (χ4n) is 9.25. The topological polar surface area (TPSA) is 0 Å². The molecule has 0 aromatic heterocycles. The van der Waals surface area contributed by atoms with Crippen molar-refractivity contribution in [2.45, 2.75) is 120 Å². The molecule has 330 valence electrons. The van der Waals surface area contributed by atoms with E-state index in [1.54, 1.807) is 0 Å². The van der Waals surface area contributed by atoms with Crippen molar-refractivity contribution >= 4 is 58.5 Å². The van der Waals surface area contributed by atoms with Crippen molar-refractivity contribution in [2.24, 2.45) is 0 Å². The minimum absolute atomic E-state index is 0.521. The molecule has 0 fully saturated rings. The van der Waals surface area contributed by atoms with E-state index in [2.05, 4.69) is 210 Å². The Hall–Kier alpha value is -3.78. The van der Waals surface area contributed by atoms with Crippen LogP contribution in [0, 0.1) is 33.8 Å². The van der Waals surface area contributed by atoms with E-state index in [0.717, 1.165) is 9.52 Å². The summed E-state index contributed by atoms with van der Waals surface area (Å²) in [6, 6.07) is 51.0. The summed E-state index contributed by atoms with van der Waals surface area (Å²) >= 11 is -0.826. The number of fused-ring (bicyclic) bond motifs is 5. The number of hydrogen-bond donors (Lipinski definition) is 0. The van der Waals surface area contributed by atoms with Gasteiger partial charge in [-0.25, -0.2) is 0 Å². The van der Waals surface area contributed by atoms with Crippen molar-refractivity contribution in [1.82, 2.24) is 0 Å². The molecule has 2 atom stereocenters. The van der Waals surface area contributed by atoms with Gasteiger partial charge < -0.3 is 0 Å². The molecule has 1 heterocycles. The van der Waals surface area contributed by atoms with E-state index in [1.165, 1.54) is 123 Å². The van der Waals surface area contributed by atoms with Crippen LogP contribution in [0.5, 0.6) is 0 Å². The quantitative estimate of drug-likeness (QED) is 0.105. The van der Waals surface area contributed by atoms with Crippen LogP contribution in [0.25, 0.3) is 54.9 Å². The number of benzene rings is 6. The predicted octanol–water partition coefficient (Wildman–Crippen LogP) is 17.5. The normalized spacial score (nSPS) is 12.4. The summed E-state index contributed by atoms with van der Waals surface area (Å²) in [5.74, 6) is 2.28. The third kappa shape index (κ3) is 11.6. The van der Waals surface area contributed by atoms with Crippen LogP contribution < -0.4 is 10.4 Å². The SMILES string of the molecule is CCC(C)c1cc2c(-c3cc(C)cc(C)c3)c(C(C)C)ccc2[cH-]1.CCC(C)c1cc2c(-c3cc(C)cc(C)c3)c(C(C)C)ccc2[cH-]1.[Cl][Zr][Cl].[c-]1cccc2c1[Si]c1ccccc1-2. The van der Waals surface area contributed by atoms with Gasteiger partial charge in [-0.15, -0.1) is 74.6 Å². The Morgan fingerprint density at radius 1 is 0.547 bits per heavy atom. The van der Waals surface area contributed by atoms with Crippen LogP contribution in [0.4, 0.5) is 0 Å². The minimum Gasteiger partial charge on any atom is -0.184 e. The summed E-state index contributed by atoms with van der Waals surface area (Å²) < 4.78 is 0. The summed E-state index contributed by atoms with van der Waals surface area (Å²) in [5, 5.41) is 8.42. The molecule has 4 heteroatoms. The Kier molecular flexibility index (Phi) is 17.5. The fourth-order valence-corrected chi connectivity index (χ4v) is 10.6. The van der Waals surface area contributed by atoms with Gasteiger partial charge in [-0.3, -0.25) is 0 Å². The first kappa shape index (κ1) is 49.6. The van der Waals surface area contributed by atoms with E-state index in [4.69, 9.17) is 17.0 Å². The summed E-state index contributed by atoms with van der Waals surface area (Å²) in [6.45, 7) is 27.2. The van der Waals surface area contributed by atoms with Gasteiger partial charge in [-0.1, -0.05) is 184 Å². The Morgan fingerprint density at radius 3 is 1.39 bits per heavy atom. The first-order chi connectivity index (χ1) is 30.7. The Morgan fingerprint density at radius 2 is 0.969 bits per heavy atom. The monoisotopic (exact) mass is 973 g/mol. The summed E-state index contributed by atoms with van der Waals surface area (Å²) in [4.78, 5) is 0. The molecule has 0 bridgehead atoms. The zero-order chi connectivity index (χ0) is 46.2. The standard InChI is InChI=1S/2C24H29.C12H7Si.2ClH.Zr/c2*1-7-18(6)20-13-19-8-9-22(15(2)3)24(23(19)14-20)21-11-16(4)10-17(5)12-21;1-3-7-11-9(5-1)10-6-2-4-8-12(10)13-11;;;/h2*8-15,18H,7H2,1-6H3;1-7H;2*1H;/q3*-1;;;+2/p-2. The summed E-state index contributed by atoms with van der Waals surface area (Å²) in [7, 11) is 10.7. The molecule has 8 aromatic rings. The fraction of sp³-hybridized carbons (Fsp3) is 0.300. The molecule has 9 rings (SSSR count). The third-order valence-electron chi connectivity index (χ3n) is 12.8. The Bertz CT molecular complexity index is 2590. The molecular formula is C60H65Cl2SiZr-3. The molecular weight excluding hydrogens is 911 g/mol. The summed E-state index contributed by atoms with van der Waals surface area (Å²) in [5.41, 5.74) is 19.6. The Balaban J connectivity index is 0.000000160. The van der Waals surface area contributed by atoms with Crippen LogP contribution >= 0.6 is 17.0 Å². The first-order valence-electron chi connectivity index (χ1n) is 23.1. The van der Waals surface area contributed by atoms with Crippen molar-refractivity contribution < 1.29 is 20.8 Å². The minimum atomic E-state index is -0.826. The van der Waals surface area contributed by atoms with Gasteiger partial charge >= 0.3 is 37.9 Å². The Labute approximate surface area is 407 Å². The largest absolute Gasteiger partial charge is 0.184 e. The molecule has 2 unspecified atom stereocenters. The molecule has 0 N–H and O–H groups in total. The van der Waals surface area contributed by atoms with Crippen LogP contribution in [0.3, 0.4) is 0 Å². The molecule has 1 aliphatic rings. The van der Waals surface area contributed by atoms with Gasteiger partial charge in [0.15, 0.2) is 0 Å². The molecule has 1 aliphatic heterocycles. The average Bonchev–Trinajstić information content (AvgIpc) is 4.01. The van der Waals surface area contributed by atoms with Crippen LogP contribution in [0.2, 0.25) is 0 Å². The summed E-state index contributed by atoms with van der Waals surface area (Å²) in [6.07, 6.45) is 2.37. The van der Waals surface area contributed by atoms with Crippen molar-refractivity contribution in [3.05, 3.63) is 178 Å². The van der Waals surface area contributed by atoms with E-state index in [1.807, 2.05) is 6.07 Å². The van der Waals surface area contributed by atoms with Crippen molar-refractivity contribution in [3.63, 3.8) is 0 Å². The molecule has 0 amide bonds. The van der Waals surface area contributed by atoms with E-state index in [9.17, 15) is 0 Å². The van der Waals surface area contributed by atoms with Crippen LogP contribution in [0.1, 0.15) is 136 Å². The zero-order valence-corrected chi connectivity index (χ0v) is 45.1. The van der Waals surface area contributed by atoms with Gasteiger partial charge in [0, 0.05) is 0 Å². The van der Waals surface area contributed by atoms with Crippen LogP contribution in [0.15, 0.2) is 127 Å². The molecule has 0 nitrogen and oxygen atoms in total. The first-order valence-corrected chi connectivity index (χ1v) is 30.5. The molecule has 8 aromatic carbocycles. The average molecular weight is 976 g/mol. The number of halogens is 2. The van der Waals surface area contributed by atoms with Gasteiger partial charge in [0.2, 0.25) is 0 Å². The smallest absolute Gasteiger partial charge is 0.0920 e. The molecule has 0 saturated carbocycles. The van der Waals surface area contributed by atoms with Crippen LogP contribution in [-0.4, -0.2) is 9.52 Å². The van der Waals surface area contributed by atoms with Gasteiger partial charge in [-0.05, 0) is 62.5 Å². The molecule has 0 saturated heterocycles. The number of rotatable bonds is 8. The molecule has 64 heavy (non-hydrogen) atoms. The van der Waals surface area contributed by atoms with E-state index in [-0.39, 0.29) is 0 Å².